The maximum atomic E-state index is 12.1. The molecule has 1 aromatic rings. The van der Waals surface area contributed by atoms with Crippen molar-refractivity contribution in [3.8, 4) is 0 Å². The Morgan fingerprint density at radius 1 is 1.44 bits per heavy atom. The fraction of sp³-hybridized carbons (Fsp3) is 0.500. The van der Waals surface area contributed by atoms with Crippen LogP contribution in [0.15, 0.2) is 16.7 Å². The van der Waals surface area contributed by atoms with E-state index in [0.717, 1.165) is 0 Å². The van der Waals surface area contributed by atoms with Crippen LogP contribution in [0.5, 0.6) is 0 Å². The molecule has 2 heterocycles. The van der Waals surface area contributed by atoms with E-state index < -0.39 is 0 Å². The fourth-order valence-corrected chi connectivity index (χ4v) is 2.36. The molecule has 2 amide bonds. The molecule has 0 aromatic carbocycles. The van der Waals surface area contributed by atoms with Gasteiger partial charge in [0.15, 0.2) is 0 Å². The molecule has 0 radical (unpaired) electrons. The quantitative estimate of drug-likeness (QED) is 0.886. The summed E-state index contributed by atoms with van der Waals surface area (Å²) in [7, 11) is 1.63. The molecule has 6 heteroatoms. The number of carbonyl (C=O) groups excluding carboxylic acids is 2. The van der Waals surface area contributed by atoms with Crippen molar-refractivity contribution < 1.29 is 14.0 Å². The fourth-order valence-electron chi connectivity index (χ4n) is 2.17. The molecule has 18 heavy (non-hydrogen) atoms. The molecular weight excluding hydrogens is 256 g/mol. The molecule has 2 rings (SSSR count). The minimum Gasteiger partial charge on any atom is -0.452 e. The van der Waals surface area contributed by atoms with E-state index in [1.807, 2.05) is 0 Å². The van der Waals surface area contributed by atoms with Gasteiger partial charge in [-0.25, -0.2) is 0 Å². The summed E-state index contributed by atoms with van der Waals surface area (Å²) in [6.07, 6.45) is 2.76. The SMILES string of the molecule is CNC(=O)C1CCN(C(=O)c2ccoc2Cl)CC1. The van der Waals surface area contributed by atoms with Crippen molar-refractivity contribution in [2.75, 3.05) is 20.1 Å². The number of nitrogens with zero attached hydrogens (tertiary/aromatic N) is 1. The second-order valence-corrected chi connectivity index (χ2v) is 4.63. The van der Waals surface area contributed by atoms with Crippen LogP contribution in [0.2, 0.25) is 5.22 Å². The summed E-state index contributed by atoms with van der Waals surface area (Å²) in [6, 6.07) is 1.56. The van der Waals surface area contributed by atoms with Crippen molar-refractivity contribution in [2.45, 2.75) is 12.8 Å². The van der Waals surface area contributed by atoms with E-state index >= 15 is 0 Å². The molecule has 98 valence electrons. The van der Waals surface area contributed by atoms with Crippen LogP contribution in [0.25, 0.3) is 0 Å². The van der Waals surface area contributed by atoms with Crippen molar-refractivity contribution in [1.29, 1.82) is 0 Å². The van der Waals surface area contributed by atoms with Crippen LogP contribution in [0.1, 0.15) is 23.2 Å². The van der Waals surface area contributed by atoms with Crippen LogP contribution in [-0.2, 0) is 4.79 Å². The molecule has 1 N–H and O–H groups in total. The van der Waals surface area contributed by atoms with Crippen molar-refractivity contribution in [3.05, 3.63) is 23.1 Å². The molecule has 5 nitrogen and oxygen atoms in total. The first-order valence-corrected chi connectivity index (χ1v) is 6.25. The van der Waals surface area contributed by atoms with Crippen LogP contribution in [-0.4, -0.2) is 36.9 Å². The number of furan rings is 1. The number of amides is 2. The Labute approximate surface area is 110 Å². The highest BCUT2D eigenvalue weighted by Crippen LogP contribution is 2.23. The zero-order chi connectivity index (χ0) is 13.1. The number of halogens is 1. The second-order valence-electron chi connectivity index (χ2n) is 4.29. The molecule has 0 spiro atoms. The standard InChI is InChI=1S/C12H15ClN2O3/c1-14-11(16)8-2-5-15(6-3-8)12(17)9-4-7-18-10(9)13/h4,7-8H,2-3,5-6H2,1H3,(H,14,16). The summed E-state index contributed by atoms with van der Waals surface area (Å²) in [5.74, 6) is -0.0913. The predicted octanol–water partition coefficient (Wildman–Crippen LogP) is 1.53. The van der Waals surface area contributed by atoms with Crippen molar-refractivity contribution >= 4 is 23.4 Å². The van der Waals surface area contributed by atoms with E-state index in [4.69, 9.17) is 16.0 Å². The first-order valence-electron chi connectivity index (χ1n) is 5.87. The van der Waals surface area contributed by atoms with E-state index in [-0.39, 0.29) is 23.0 Å². The van der Waals surface area contributed by atoms with Gasteiger partial charge in [0.25, 0.3) is 5.91 Å². The van der Waals surface area contributed by atoms with Gasteiger partial charge < -0.3 is 14.6 Å². The summed E-state index contributed by atoms with van der Waals surface area (Å²) in [5, 5.41) is 2.76. The summed E-state index contributed by atoms with van der Waals surface area (Å²) in [4.78, 5) is 25.3. The summed E-state index contributed by atoms with van der Waals surface area (Å²) < 4.78 is 4.91. The first-order chi connectivity index (χ1) is 8.63. The average Bonchev–Trinajstić information content (AvgIpc) is 2.83. The van der Waals surface area contributed by atoms with Crippen LogP contribution in [0, 0.1) is 5.92 Å². The Hall–Kier alpha value is -1.49. The Kier molecular flexibility index (Phi) is 3.91. The lowest BCUT2D eigenvalue weighted by molar-refractivity contribution is -0.125. The zero-order valence-corrected chi connectivity index (χ0v) is 10.9. The number of hydrogen-bond donors (Lipinski definition) is 1. The van der Waals surface area contributed by atoms with Gasteiger partial charge in [-0.05, 0) is 30.5 Å². The van der Waals surface area contributed by atoms with Gasteiger partial charge in [0.05, 0.1) is 11.8 Å². The summed E-state index contributed by atoms with van der Waals surface area (Å²) >= 11 is 5.78. The zero-order valence-electron chi connectivity index (χ0n) is 10.1. The van der Waals surface area contributed by atoms with Gasteiger partial charge in [-0.3, -0.25) is 9.59 Å². The maximum absolute atomic E-state index is 12.1. The molecule has 1 aromatic heterocycles. The highest BCUT2D eigenvalue weighted by atomic mass is 35.5. The molecule has 1 aliphatic heterocycles. The average molecular weight is 271 g/mol. The third-order valence-electron chi connectivity index (χ3n) is 3.25. The Morgan fingerprint density at radius 3 is 2.61 bits per heavy atom. The highest BCUT2D eigenvalue weighted by Gasteiger charge is 2.28. The Morgan fingerprint density at radius 2 is 2.11 bits per heavy atom. The van der Waals surface area contributed by atoms with Crippen LogP contribution in [0.3, 0.4) is 0 Å². The van der Waals surface area contributed by atoms with Crippen LogP contribution < -0.4 is 5.32 Å². The molecule has 0 aliphatic carbocycles. The number of carbonyl (C=O) groups is 2. The van der Waals surface area contributed by atoms with E-state index in [1.54, 1.807) is 18.0 Å². The maximum Gasteiger partial charge on any atom is 0.258 e. The van der Waals surface area contributed by atoms with Gasteiger partial charge in [-0.1, -0.05) is 0 Å². The van der Waals surface area contributed by atoms with Gasteiger partial charge in [0.1, 0.15) is 0 Å². The molecule has 0 unspecified atom stereocenters. The Bertz CT molecular complexity index is 450. The third-order valence-corrected chi connectivity index (χ3v) is 3.54. The molecule has 1 aliphatic rings. The predicted molar refractivity (Wildman–Crippen MR) is 66.4 cm³/mol. The molecule has 1 fully saturated rings. The summed E-state index contributed by atoms with van der Waals surface area (Å²) in [5.41, 5.74) is 0.384. The van der Waals surface area contributed by atoms with E-state index in [2.05, 4.69) is 5.32 Å². The summed E-state index contributed by atoms with van der Waals surface area (Å²) in [6.45, 7) is 1.14. The first kappa shape index (κ1) is 13.0. The van der Waals surface area contributed by atoms with Gasteiger partial charge >= 0.3 is 0 Å². The largest absolute Gasteiger partial charge is 0.452 e. The van der Waals surface area contributed by atoms with Gasteiger partial charge in [0.2, 0.25) is 11.1 Å². The third kappa shape index (κ3) is 2.51. The number of rotatable bonds is 2. The molecule has 0 saturated carbocycles. The number of likely N-dealkylation sites (tertiary alicyclic amines) is 1. The molecule has 0 bridgehead atoms. The number of hydrogen-bond acceptors (Lipinski definition) is 3. The molecule has 1 saturated heterocycles. The van der Waals surface area contributed by atoms with E-state index in [9.17, 15) is 9.59 Å². The monoisotopic (exact) mass is 270 g/mol. The van der Waals surface area contributed by atoms with Crippen LogP contribution in [0.4, 0.5) is 0 Å². The smallest absolute Gasteiger partial charge is 0.258 e. The Balaban J connectivity index is 1.96. The minimum atomic E-state index is -0.135. The minimum absolute atomic E-state index is 0.00104. The highest BCUT2D eigenvalue weighted by molar-refractivity contribution is 6.32. The lowest BCUT2D eigenvalue weighted by Gasteiger charge is -2.30. The normalized spacial score (nSPS) is 16.7. The van der Waals surface area contributed by atoms with Crippen molar-refractivity contribution in [1.82, 2.24) is 10.2 Å². The van der Waals surface area contributed by atoms with Crippen LogP contribution >= 0.6 is 11.6 Å². The molecule has 0 atom stereocenters. The number of piperidine rings is 1. The number of nitrogens with one attached hydrogen (secondary N) is 1. The molecular formula is C12H15ClN2O3. The van der Waals surface area contributed by atoms with E-state index in [0.29, 0.717) is 31.5 Å². The van der Waals surface area contributed by atoms with Gasteiger partial charge in [-0.2, -0.15) is 0 Å². The topological polar surface area (TPSA) is 62.6 Å². The lowest BCUT2D eigenvalue weighted by atomic mass is 9.95. The lowest BCUT2D eigenvalue weighted by Crippen LogP contribution is -2.42. The van der Waals surface area contributed by atoms with Gasteiger partial charge in [-0.15, -0.1) is 0 Å². The van der Waals surface area contributed by atoms with E-state index in [1.165, 1.54) is 6.26 Å². The second kappa shape index (κ2) is 5.44. The van der Waals surface area contributed by atoms with Crippen molar-refractivity contribution in [3.63, 3.8) is 0 Å². The van der Waals surface area contributed by atoms with Crippen molar-refractivity contribution in [2.24, 2.45) is 5.92 Å². The van der Waals surface area contributed by atoms with Gasteiger partial charge in [0, 0.05) is 26.1 Å².